The molecule has 0 saturated carbocycles. The van der Waals surface area contributed by atoms with Crippen molar-refractivity contribution in [3.63, 3.8) is 0 Å². The lowest BCUT2D eigenvalue weighted by atomic mass is 9.83. The van der Waals surface area contributed by atoms with Crippen molar-refractivity contribution in [2.75, 3.05) is 11.9 Å². The van der Waals surface area contributed by atoms with Gasteiger partial charge in [-0.05, 0) is 66.6 Å². The van der Waals surface area contributed by atoms with Gasteiger partial charge < -0.3 is 15.4 Å². The number of benzene rings is 2. The number of aryl methyl sites for hydroxylation is 1. The molecule has 0 bridgehead atoms. The van der Waals surface area contributed by atoms with E-state index in [2.05, 4.69) is 41.6 Å². The fraction of sp³-hybridized carbons (Fsp3) is 0.111. The number of fused-ring (bicyclic) bond motifs is 2. The fourth-order valence-electron chi connectivity index (χ4n) is 5.94. The summed E-state index contributed by atoms with van der Waals surface area (Å²) in [6.45, 7) is 4.23. The normalized spacial score (nSPS) is 14.7. The SMILES string of the molecule is CCOC1=C(c2ccc(-n3c(C)nc4cnccc43)cc2)NC(C=C=O)=C(C(=O)Nc2ccccn2)C1c1csc2ccccc12. The molecule has 9 nitrogen and oxygen atoms in total. The monoisotopic (exact) mass is 624 g/mol. The lowest BCUT2D eigenvalue weighted by Gasteiger charge is -2.32. The summed E-state index contributed by atoms with van der Waals surface area (Å²) >= 11 is 1.59. The van der Waals surface area contributed by atoms with Gasteiger partial charge in [0.15, 0.2) is 0 Å². The maximum absolute atomic E-state index is 14.1. The first-order chi connectivity index (χ1) is 22.6. The van der Waals surface area contributed by atoms with Crippen LogP contribution in [0.5, 0.6) is 0 Å². The fourth-order valence-corrected chi connectivity index (χ4v) is 6.93. The molecule has 2 N–H and O–H groups in total. The summed E-state index contributed by atoms with van der Waals surface area (Å²) in [5.41, 5.74) is 5.74. The van der Waals surface area contributed by atoms with Crippen LogP contribution in [0, 0.1) is 6.92 Å². The van der Waals surface area contributed by atoms with E-state index < -0.39 is 11.8 Å². The third-order valence-electron chi connectivity index (χ3n) is 7.86. The van der Waals surface area contributed by atoms with Gasteiger partial charge >= 0.3 is 0 Å². The first-order valence-corrected chi connectivity index (χ1v) is 15.6. The van der Waals surface area contributed by atoms with Crippen LogP contribution in [-0.4, -0.2) is 38.0 Å². The van der Waals surface area contributed by atoms with Gasteiger partial charge in [0.05, 0.1) is 41.2 Å². The Bertz CT molecular complexity index is 2210. The molecular formula is C36H28N6O3S. The Morgan fingerprint density at radius 1 is 1.09 bits per heavy atom. The lowest BCUT2D eigenvalue weighted by molar-refractivity contribution is -0.113. The zero-order chi connectivity index (χ0) is 31.6. The number of allylic oxidation sites excluding steroid dienone is 2. The molecular weight excluding hydrogens is 597 g/mol. The van der Waals surface area contributed by atoms with Crippen LogP contribution in [0.3, 0.4) is 0 Å². The average molecular weight is 625 g/mol. The highest BCUT2D eigenvalue weighted by atomic mass is 32.1. The highest BCUT2D eigenvalue weighted by Gasteiger charge is 2.38. The molecule has 1 unspecified atom stereocenters. The lowest BCUT2D eigenvalue weighted by Crippen LogP contribution is -2.32. The molecule has 0 fully saturated rings. The number of nitrogens with one attached hydrogen (secondary N) is 2. The summed E-state index contributed by atoms with van der Waals surface area (Å²) < 4.78 is 9.58. The Balaban J connectivity index is 1.40. The van der Waals surface area contributed by atoms with Crippen molar-refractivity contribution in [1.29, 1.82) is 0 Å². The average Bonchev–Trinajstić information content (AvgIpc) is 3.66. The number of hydrogen-bond donors (Lipinski definition) is 2. The van der Waals surface area contributed by atoms with Gasteiger partial charge in [-0.3, -0.25) is 14.3 Å². The predicted molar refractivity (Wildman–Crippen MR) is 180 cm³/mol. The maximum atomic E-state index is 14.1. The van der Waals surface area contributed by atoms with Crippen molar-refractivity contribution in [3.05, 3.63) is 137 Å². The maximum Gasteiger partial charge on any atom is 0.255 e. The van der Waals surface area contributed by atoms with Crippen LogP contribution < -0.4 is 10.6 Å². The van der Waals surface area contributed by atoms with E-state index in [-0.39, 0.29) is 0 Å². The van der Waals surface area contributed by atoms with E-state index >= 15 is 0 Å². The van der Waals surface area contributed by atoms with Crippen LogP contribution in [0.4, 0.5) is 5.82 Å². The van der Waals surface area contributed by atoms with Crippen LogP contribution in [0.1, 0.15) is 29.8 Å². The van der Waals surface area contributed by atoms with Gasteiger partial charge in [0.2, 0.25) is 0 Å². The molecule has 4 aromatic heterocycles. The van der Waals surface area contributed by atoms with Gasteiger partial charge in [-0.2, -0.15) is 0 Å². The molecule has 7 rings (SSSR count). The summed E-state index contributed by atoms with van der Waals surface area (Å²) in [5, 5.41) is 9.34. The van der Waals surface area contributed by atoms with Crippen molar-refractivity contribution in [2.45, 2.75) is 19.8 Å². The van der Waals surface area contributed by atoms with E-state index in [0.717, 1.165) is 43.8 Å². The summed E-state index contributed by atoms with van der Waals surface area (Å²) in [6.07, 6.45) is 6.38. The number of rotatable bonds is 8. The molecule has 1 atom stereocenters. The zero-order valence-corrected chi connectivity index (χ0v) is 25.8. The van der Waals surface area contributed by atoms with Crippen molar-refractivity contribution >= 4 is 55.8 Å². The Morgan fingerprint density at radius 2 is 1.91 bits per heavy atom. The van der Waals surface area contributed by atoms with Gasteiger partial charge in [-0.1, -0.05) is 36.4 Å². The largest absolute Gasteiger partial charge is 0.495 e. The topological polar surface area (TPSA) is 111 Å². The number of pyridine rings is 2. The smallest absolute Gasteiger partial charge is 0.255 e. The van der Waals surface area contributed by atoms with Gasteiger partial charge in [0.25, 0.3) is 5.91 Å². The molecule has 0 radical (unpaired) electrons. The quantitative estimate of drug-likeness (QED) is 0.181. The second kappa shape index (κ2) is 12.3. The van der Waals surface area contributed by atoms with Gasteiger partial charge in [0, 0.05) is 34.4 Å². The second-order valence-electron chi connectivity index (χ2n) is 10.6. The number of anilines is 1. The highest BCUT2D eigenvalue weighted by Crippen LogP contribution is 2.45. The van der Waals surface area contributed by atoms with E-state index in [0.29, 0.717) is 35.2 Å². The molecule has 5 heterocycles. The number of aromatic nitrogens is 4. The molecule has 10 heteroatoms. The number of amides is 1. The van der Waals surface area contributed by atoms with Crippen LogP contribution in [0.25, 0.3) is 32.5 Å². The molecule has 0 saturated heterocycles. The summed E-state index contributed by atoms with van der Waals surface area (Å²) in [6, 6.07) is 23.3. The minimum atomic E-state index is -0.636. The van der Waals surface area contributed by atoms with E-state index in [4.69, 9.17) is 4.74 Å². The zero-order valence-electron chi connectivity index (χ0n) is 25.0. The van der Waals surface area contributed by atoms with Crippen molar-refractivity contribution < 1.29 is 14.3 Å². The Labute approximate surface area is 268 Å². The summed E-state index contributed by atoms with van der Waals surface area (Å²) in [7, 11) is 0. The molecule has 0 spiro atoms. The minimum absolute atomic E-state index is 0.329. The summed E-state index contributed by atoms with van der Waals surface area (Å²) in [4.78, 5) is 39.2. The first-order valence-electron chi connectivity index (χ1n) is 14.7. The number of ether oxygens (including phenoxy) is 1. The second-order valence-corrected chi connectivity index (χ2v) is 11.5. The first kappa shape index (κ1) is 28.9. The third-order valence-corrected chi connectivity index (χ3v) is 8.84. The van der Waals surface area contributed by atoms with Crippen molar-refractivity contribution in [1.82, 2.24) is 24.8 Å². The number of imidazole rings is 1. The van der Waals surface area contributed by atoms with E-state index in [1.165, 1.54) is 6.08 Å². The minimum Gasteiger partial charge on any atom is -0.495 e. The van der Waals surface area contributed by atoms with E-state index in [9.17, 15) is 9.59 Å². The number of hydrogen-bond acceptors (Lipinski definition) is 8. The molecule has 1 amide bonds. The van der Waals surface area contributed by atoms with E-state index in [1.807, 2.05) is 68.3 Å². The number of carbonyl (C=O) groups excluding carboxylic acids is 2. The van der Waals surface area contributed by atoms with Gasteiger partial charge in [-0.15, -0.1) is 11.3 Å². The standard InChI is InChI=1S/C36H28N6O3S/c1-3-45-35-32(26-21-46-30-9-5-4-8-25(26)30)33(36(44)41-31-10-6-7-17-38-31)27(16-19-43)40-34(35)23-11-13-24(14-12-23)42-22(2)39-28-20-37-18-15-29(28)42/h4-18,20-21,32,40H,3H2,1-2H3,(H,38,41,44). The molecule has 2 aromatic carbocycles. The Hall–Kier alpha value is -5.83. The van der Waals surface area contributed by atoms with Crippen LogP contribution >= 0.6 is 11.3 Å². The Morgan fingerprint density at radius 3 is 2.70 bits per heavy atom. The number of thiophene rings is 1. The summed E-state index contributed by atoms with van der Waals surface area (Å²) in [5.74, 6) is 2.66. The third kappa shape index (κ3) is 5.15. The molecule has 46 heavy (non-hydrogen) atoms. The van der Waals surface area contributed by atoms with Crippen LogP contribution in [-0.2, 0) is 14.3 Å². The molecule has 1 aliphatic heterocycles. The Kier molecular flexibility index (Phi) is 7.72. The number of dihydropyridines is 1. The molecule has 6 aromatic rings. The van der Waals surface area contributed by atoms with Crippen LogP contribution in [0.2, 0.25) is 0 Å². The van der Waals surface area contributed by atoms with E-state index in [1.54, 1.807) is 48.1 Å². The molecule has 226 valence electrons. The van der Waals surface area contributed by atoms with Crippen LogP contribution in [0.15, 0.2) is 120 Å². The number of carbonyl (C=O) groups is 1. The molecule has 0 aliphatic carbocycles. The predicted octanol–water partition coefficient (Wildman–Crippen LogP) is 6.71. The molecule has 1 aliphatic rings. The van der Waals surface area contributed by atoms with Gasteiger partial charge in [0.1, 0.15) is 28.9 Å². The van der Waals surface area contributed by atoms with Gasteiger partial charge in [-0.25, -0.2) is 14.8 Å². The van der Waals surface area contributed by atoms with Crippen molar-refractivity contribution in [2.24, 2.45) is 0 Å². The number of nitrogens with zero attached hydrogens (tertiary/aromatic N) is 4. The highest BCUT2D eigenvalue weighted by molar-refractivity contribution is 7.17. The van der Waals surface area contributed by atoms with Crippen molar-refractivity contribution in [3.8, 4) is 5.69 Å².